The molecule has 2 N–H and O–H groups in total. The number of nitrogens with zero attached hydrogens (tertiary/aromatic N) is 3. The summed E-state index contributed by atoms with van der Waals surface area (Å²) in [6, 6.07) is 5.84. The standard InChI is InChI=1S/C15H16N4/c1-19-14(8-7-11-5-6-11)15(16)13(18-19)10-12-4-2-3-9-17-12/h2-4,9,11H,5-6,10,16H2,1H3. The lowest BCUT2D eigenvalue weighted by Gasteiger charge is -1.97. The van der Waals surface area contributed by atoms with Gasteiger partial charge in [-0.15, -0.1) is 0 Å². The molecule has 3 rings (SSSR count). The summed E-state index contributed by atoms with van der Waals surface area (Å²) in [5.41, 5.74) is 9.46. The molecule has 1 aliphatic rings. The Morgan fingerprint density at radius 2 is 2.26 bits per heavy atom. The van der Waals surface area contributed by atoms with Gasteiger partial charge in [-0.2, -0.15) is 5.10 Å². The van der Waals surface area contributed by atoms with E-state index >= 15 is 0 Å². The number of hydrogen-bond donors (Lipinski definition) is 1. The SMILES string of the molecule is Cn1nc(Cc2ccccn2)c(N)c1C#CC1CC1. The molecule has 4 nitrogen and oxygen atoms in total. The van der Waals surface area contributed by atoms with Crippen molar-refractivity contribution < 1.29 is 0 Å². The molecule has 0 spiro atoms. The fraction of sp³-hybridized carbons (Fsp3) is 0.333. The van der Waals surface area contributed by atoms with Crippen LogP contribution >= 0.6 is 0 Å². The third-order valence-corrected chi connectivity index (χ3v) is 3.21. The molecule has 0 aliphatic heterocycles. The Hall–Kier alpha value is -2.28. The zero-order valence-corrected chi connectivity index (χ0v) is 10.9. The first-order valence-electron chi connectivity index (χ1n) is 6.47. The van der Waals surface area contributed by atoms with Crippen LogP contribution in [0.25, 0.3) is 0 Å². The molecule has 1 fully saturated rings. The smallest absolute Gasteiger partial charge is 0.134 e. The Bertz CT molecular complexity index is 642. The Kier molecular flexibility index (Phi) is 2.96. The van der Waals surface area contributed by atoms with Crippen LogP contribution in [0.3, 0.4) is 0 Å². The predicted octanol–water partition coefficient (Wildman–Crippen LogP) is 1.75. The van der Waals surface area contributed by atoms with Crippen molar-refractivity contribution in [2.24, 2.45) is 13.0 Å². The van der Waals surface area contributed by atoms with Gasteiger partial charge in [0.15, 0.2) is 0 Å². The summed E-state index contributed by atoms with van der Waals surface area (Å²) in [5, 5.41) is 4.45. The van der Waals surface area contributed by atoms with E-state index < -0.39 is 0 Å². The number of nitrogens with two attached hydrogens (primary N) is 1. The molecule has 0 saturated heterocycles. The lowest BCUT2D eigenvalue weighted by atomic mass is 10.2. The first-order chi connectivity index (χ1) is 9.24. The minimum atomic E-state index is 0.563. The van der Waals surface area contributed by atoms with Gasteiger partial charge in [-0.1, -0.05) is 12.0 Å². The van der Waals surface area contributed by atoms with Crippen molar-refractivity contribution in [3.8, 4) is 11.8 Å². The molecule has 0 bridgehead atoms. The lowest BCUT2D eigenvalue weighted by Crippen LogP contribution is -1.96. The van der Waals surface area contributed by atoms with Crippen LogP contribution in [0.5, 0.6) is 0 Å². The zero-order chi connectivity index (χ0) is 13.2. The highest BCUT2D eigenvalue weighted by molar-refractivity contribution is 5.57. The molecular formula is C15H16N4. The van der Waals surface area contributed by atoms with Gasteiger partial charge in [0.05, 0.1) is 11.4 Å². The number of nitrogen functional groups attached to an aromatic ring is 1. The highest BCUT2D eigenvalue weighted by Gasteiger charge is 2.19. The predicted molar refractivity (Wildman–Crippen MR) is 74.3 cm³/mol. The van der Waals surface area contributed by atoms with Gasteiger partial charge in [0.1, 0.15) is 5.69 Å². The van der Waals surface area contributed by atoms with E-state index in [1.165, 1.54) is 12.8 Å². The number of pyridine rings is 1. The van der Waals surface area contributed by atoms with Gasteiger partial charge in [-0.25, -0.2) is 0 Å². The Morgan fingerprint density at radius 3 is 2.95 bits per heavy atom. The first kappa shape index (κ1) is 11.8. The number of aryl methyl sites for hydroxylation is 1. The van der Waals surface area contributed by atoms with Crippen LogP contribution in [0.1, 0.15) is 29.9 Å². The van der Waals surface area contributed by atoms with Crippen LogP contribution < -0.4 is 5.73 Å². The molecule has 0 amide bonds. The quantitative estimate of drug-likeness (QED) is 0.828. The van der Waals surface area contributed by atoms with Crippen molar-refractivity contribution in [2.45, 2.75) is 19.3 Å². The zero-order valence-electron chi connectivity index (χ0n) is 10.9. The maximum Gasteiger partial charge on any atom is 0.134 e. The summed E-state index contributed by atoms with van der Waals surface area (Å²) in [6.45, 7) is 0. The van der Waals surface area contributed by atoms with Gasteiger partial charge < -0.3 is 5.73 Å². The van der Waals surface area contributed by atoms with E-state index in [9.17, 15) is 0 Å². The molecule has 0 unspecified atom stereocenters. The second kappa shape index (κ2) is 4.77. The van der Waals surface area contributed by atoms with Gasteiger partial charge in [0.2, 0.25) is 0 Å². The fourth-order valence-corrected chi connectivity index (χ4v) is 1.95. The second-order valence-corrected chi connectivity index (χ2v) is 4.87. The summed E-state index contributed by atoms with van der Waals surface area (Å²) < 4.78 is 1.77. The van der Waals surface area contributed by atoms with Gasteiger partial charge in [-0.05, 0) is 30.9 Å². The monoisotopic (exact) mass is 252 g/mol. The molecule has 19 heavy (non-hydrogen) atoms. The van der Waals surface area contributed by atoms with Crippen molar-refractivity contribution in [2.75, 3.05) is 5.73 Å². The molecule has 2 aromatic rings. The normalized spacial score (nSPS) is 13.9. The van der Waals surface area contributed by atoms with E-state index in [0.717, 1.165) is 17.1 Å². The van der Waals surface area contributed by atoms with Crippen molar-refractivity contribution in [3.05, 3.63) is 41.5 Å². The van der Waals surface area contributed by atoms with E-state index in [1.54, 1.807) is 10.9 Å². The number of aromatic nitrogens is 3. The topological polar surface area (TPSA) is 56.7 Å². The molecule has 2 aromatic heterocycles. The first-order valence-corrected chi connectivity index (χ1v) is 6.47. The second-order valence-electron chi connectivity index (χ2n) is 4.87. The van der Waals surface area contributed by atoms with E-state index in [4.69, 9.17) is 5.73 Å². The molecule has 4 heteroatoms. The molecule has 1 saturated carbocycles. The molecule has 2 heterocycles. The minimum absolute atomic E-state index is 0.563. The summed E-state index contributed by atoms with van der Waals surface area (Å²) in [5.74, 6) is 6.94. The highest BCUT2D eigenvalue weighted by Crippen LogP contribution is 2.28. The minimum Gasteiger partial charge on any atom is -0.395 e. The molecular weight excluding hydrogens is 236 g/mol. The molecule has 0 aromatic carbocycles. The average molecular weight is 252 g/mol. The van der Waals surface area contributed by atoms with E-state index in [-0.39, 0.29) is 0 Å². The number of rotatable bonds is 2. The average Bonchev–Trinajstić information content (AvgIpc) is 3.19. The van der Waals surface area contributed by atoms with Crippen molar-refractivity contribution in [1.29, 1.82) is 0 Å². The van der Waals surface area contributed by atoms with Crippen LogP contribution in [0.4, 0.5) is 5.69 Å². The third kappa shape index (κ3) is 2.60. The van der Waals surface area contributed by atoms with Crippen molar-refractivity contribution in [3.63, 3.8) is 0 Å². The summed E-state index contributed by atoms with van der Waals surface area (Å²) in [7, 11) is 1.88. The molecule has 1 aliphatic carbocycles. The maximum atomic E-state index is 6.15. The van der Waals surface area contributed by atoms with Gasteiger partial charge in [-0.3, -0.25) is 9.67 Å². The van der Waals surface area contributed by atoms with Crippen LogP contribution in [0, 0.1) is 17.8 Å². The van der Waals surface area contributed by atoms with Crippen LogP contribution in [0.15, 0.2) is 24.4 Å². The van der Waals surface area contributed by atoms with Crippen LogP contribution in [0.2, 0.25) is 0 Å². The van der Waals surface area contributed by atoms with E-state index in [0.29, 0.717) is 18.0 Å². The fourth-order valence-electron chi connectivity index (χ4n) is 1.95. The number of anilines is 1. The van der Waals surface area contributed by atoms with Gasteiger partial charge in [0, 0.05) is 31.3 Å². The summed E-state index contributed by atoms with van der Waals surface area (Å²) in [6.07, 6.45) is 4.85. The van der Waals surface area contributed by atoms with Crippen LogP contribution in [-0.2, 0) is 13.5 Å². The lowest BCUT2D eigenvalue weighted by molar-refractivity contribution is 0.739. The number of hydrogen-bond acceptors (Lipinski definition) is 3. The Labute approximate surface area is 112 Å². The summed E-state index contributed by atoms with van der Waals surface area (Å²) >= 11 is 0. The van der Waals surface area contributed by atoms with E-state index in [2.05, 4.69) is 21.9 Å². The van der Waals surface area contributed by atoms with Crippen molar-refractivity contribution in [1.82, 2.24) is 14.8 Å². The molecule has 0 radical (unpaired) electrons. The largest absolute Gasteiger partial charge is 0.395 e. The third-order valence-electron chi connectivity index (χ3n) is 3.21. The highest BCUT2D eigenvalue weighted by atomic mass is 15.3. The van der Waals surface area contributed by atoms with E-state index in [1.807, 2.05) is 25.2 Å². The van der Waals surface area contributed by atoms with Gasteiger partial charge in [0.25, 0.3) is 0 Å². The summed E-state index contributed by atoms with van der Waals surface area (Å²) in [4.78, 5) is 4.30. The molecule has 96 valence electrons. The molecule has 0 atom stereocenters. The Balaban J connectivity index is 1.87. The van der Waals surface area contributed by atoms with Crippen LogP contribution in [-0.4, -0.2) is 14.8 Å². The van der Waals surface area contributed by atoms with Gasteiger partial charge >= 0.3 is 0 Å². The maximum absolute atomic E-state index is 6.15. The Morgan fingerprint density at radius 1 is 1.42 bits per heavy atom. The van der Waals surface area contributed by atoms with Crippen molar-refractivity contribution >= 4 is 5.69 Å².